The molecule has 76 valence electrons. The Morgan fingerprint density at radius 1 is 0.571 bits per heavy atom. The number of allylic oxidation sites excluding steroid dienone is 4. The van der Waals surface area contributed by atoms with Gasteiger partial charge in [-0.1, -0.05) is 0 Å². The Hall–Kier alpha value is 0.360. The molecule has 0 bridgehead atoms. The standard InChI is InChI=1S/C10H12S4/c11-3-7-1-8(4-12)10(6-14)2-9(7)5-13/h3-6,11-14H,1-2H2/b7-3-,8-4+,9-5+,10-6-. The number of rotatable bonds is 0. The zero-order valence-corrected chi connectivity index (χ0v) is 11.1. The minimum atomic E-state index is 0.853. The van der Waals surface area contributed by atoms with E-state index in [9.17, 15) is 0 Å². The molecule has 0 unspecified atom stereocenters. The third-order valence-corrected chi connectivity index (χ3v) is 3.46. The summed E-state index contributed by atoms with van der Waals surface area (Å²) in [4.78, 5) is 0. The van der Waals surface area contributed by atoms with Crippen LogP contribution in [-0.4, -0.2) is 0 Å². The van der Waals surface area contributed by atoms with Gasteiger partial charge >= 0.3 is 0 Å². The van der Waals surface area contributed by atoms with Crippen LogP contribution in [0.5, 0.6) is 0 Å². The molecule has 0 atom stereocenters. The summed E-state index contributed by atoms with van der Waals surface area (Å²) in [5, 5.41) is 7.31. The van der Waals surface area contributed by atoms with Gasteiger partial charge in [-0.05, 0) is 56.8 Å². The minimum Gasteiger partial charge on any atom is -0.151 e. The molecule has 1 saturated carbocycles. The molecule has 14 heavy (non-hydrogen) atoms. The molecule has 1 aliphatic rings. The monoisotopic (exact) mass is 260 g/mol. The van der Waals surface area contributed by atoms with Crippen molar-refractivity contribution < 1.29 is 0 Å². The van der Waals surface area contributed by atoms with Crippen molar-refractivity contribution in [3.63, 3.8) is 0 Å². The first kappa shape index (κ1) is 12.4. The molecule has 0 nitrogen and oxygen atoms in total. The van der Waals surface area contributed by atoms with Crippen LogP contribution in [0.25, 0.3) is 0 Å². The zero-order valence-electron chi connectivity index (χ0n) is 7.51. The SMILES string of the molecule is S/C=C1/CC(=C\S)/C(=C\S)C/C1=C\S. The lowest BCUT2D eigenvalue weighted by Gasteiger charge is -2.22. The fraction of sp³-hybridized carbons (Fsp3) is 0.200. The van der Waals surface area contributed by atoms with E-state index in [1.807, 2.05) is 21.6 Å². The van der Waals surface area contributed by atoms with Crippen molar-refractivity contribution in [2.24, 2.45) is 0 Å². The van der Waals surface area contributed by atoms with Crippen LogP contribution < -0.4 is 0 Å². The third-order valence-electron chi connectivity index (χ3n) is 2.21. The average molecular weight is 260 g/mol. The van der Waals surface area contributed by atoms with E-state index < -0.39 is 0 Å². The second kappa shape index (κ2) is 6.05. The van der Waals surface area contributed by atoms with Gasteiger partial charge in [-0.2, -0.15) is 50.5 Å². The van der Waals surface area contributed by atoms with Crippen molar-refractivity contribution in [2.45, 2.75) is 12.8 Å². The third kappa shape index (κ3) is 2.69. The summed E-state index contributed by atoms with van der Waals surface area (Å²) in [5.41, 5.74) is 4.79. The molecule has 1 fully saturated rings. The van der Waals surface area contributed by atoms with Crippen molar-refractivity contribution >= 4 is 50.5 Å². The van der Waals surface area contributed by atoms with E-state index in [1.54, 1.807) is 0 Å². The Bertz CT molecular complexity index is 268. The first-order valence-corrected chi connectivity index (χ1v) is 6.17. The van der Waals surface area contributed by atoms with Crippen LogP contribution >= 0.6 is 50.5 Å². The van der Waals surface area contributed by atoms with E-state index >= 15 is 0 Å². The van der Waals surface area contributed by atoms with Crippen molar-refractivity contribution in [1.29, 1.82) is 0 Å². The molecule has 0 radical (unpaired) electrons. The Kier molecular flexibility index (Phi) is 5.38. The Balaban J connectivity index is 3.05. The molecule has 0 spiro atoms. The normalized spacial score (nSPS) is 29.4. The lowest BCUT2D eigenvalue weighted by Crippen LogP contribution is -2.04. The Labute approximate surface area is 107 Å². The van der Waals surface area contributed by atoms with Gasteiger partial charge in [0, 0.05) is 0 Å². The van der Waals surface area contributed by atoms with Crippen LogP contribution in [0.3, 0.4) is 0 Å². The molecular formula is C10H12S4. The molecule has 1 rings (SSSR count). The molecule has 0 heterocycles. The van der Waals surface area contributed by atoms with Crippen LogP contribution in [-0.2, 0) is 0 Å². The topological polar surface area (TPSA) is 0 Å². The maximum atomic E-state index is 4.19. The highest BCUT2D eigenvalue weighted by Gasteiger charge is 2.18. The minimum absolute atomic E-state index is 0.853. The van der Waals surface area contributed by atoms with E-state index in [-0.39, 0.29) is 0 Å². The van der Waals surface area contributed by atoms with Crippen LogP contribution in [0.2, 0.25) is 0 Å². The zero-order chi connectivity index (χ0) is 10.6. The first-order valence-electron chi connectivity index (χ1n) is 4.10. The molecule has 4 heteroatoms. The lowest BCUT2D eigenvalue weighted by molar-refractivity contribution is 0.986. The van der Waals surface area contributed by atoms with E-state index in [4.69, 9.17) is 0 Å². The predicted molar refractivity (Wildman–Crippen MR) is 77.5 cm³/mol. The maximum absolute atomic E-state index is 4.19. The highest BCUT2D eigenvalue weighted by atomic mass is 32.1. The molecule has 0 aromatic carbocycles. The highest BCUT2D eigenvalue weighted by molar-refractivity contribution is 7.84. The van der Waals surface area contributed by atoms with Gasteiger partial charge in [0.05, 0.1) is 0 Å². The van der Waals surface area contributed by atoms with Crippen LogP contribution in [0, 0.1) is 0 Å². The first-order chi connectivity index (χ1) is 6.76. The molecule has 0 N–H and O–H groups in total. The van der Waals surface area contributed by atoms with E-state index in [0.29, 0.717) is 0 Å². The molecule has 0 amide bonds. The quantitative estimate of drug-likeness (QED) is 0.464. The smallest absolute Gasteiger partial charge is 0.000969 e. The van der Waals surface area contributed by atoms with Gasteiger partial charge in [-0.25, -0.2) is 0 Å². The van der Waals surface area contributed by atoms with Gasteiger partial charge in [-0.15, -0.1) is 0 Å². The highest BCUT2D eigenvalue weighted by Crippen LogP contribution is 2.37. The lowest BCUT2D eigenvalue weighted by atomic mass is 9.85. The van der Waals surface area contributed by atoms with E-state index in [1.165, 1.54) is 22.3 Å². The van der Waals surface area contributed by atoms with Crippen molar-refractivity contribution in [1.82, 2.24) is 0 Å². The summed E-state index contributed by atoms with van der Waals surface area (Å²) in [7, 11) is 0. The molecule has 0 aromatic rings. The van der Waals surface area contributed by atoms with Gasteiger partial charge in [0.15, 0.2) is 0 Å². The Morgan fingerprint density at radius 3 is 0.929 bits per heavy atom. The van der Waals surface area contributed by atoms with Crippen molar-refractivity contribution in [3.8, 4) is 0 Å². The molecular weight excluding hydrogens is 248 g/mol. The summed E-state index contributed by atoms with van der Waals surface area (Å²) >= 11 is 16.8. The predicted octanol–water partition coefficient (Wildman–Crippen LogP) is 4.04. The Morgan fingerprint density at radius 2 is 0.786 bits per heavy atom. The second-order valence-electron chi connectivity index (χ2n) is 2.97. The number of hydrogen-bond donors (Lipinski definition) is 4. The van der Waals surface area contributed by atoms with Crippen LogP contribution in [0.1, 0.15) is 12.8 Å². The fourth-order valence-electron chi connectivity index (χ4n) is 1.38. The average Bonchev–Trinajstić information content (AvgIpc) is 2.26. The van der Waals surface area contributed by atoms with Gasteiger partial charge in [0.25, 0.3) is 0 Å². The van der Waals surface area contributed by atoms with Crippen LogP contribution in [0.15, 0.2) is 43.9 Å². The van der Waals surface area contributed by atoms with E-state index in [0.717, 1.165) is 12.8 Å². The van der Waals surface area contributed by atoms with Crippen molar-refractivity contribution in [2.75, 3.05) is 0 Å². The molecule has 0 aromatic heterocycles. The summed E-state index contributed by atoms with van der Waals surface area (Å²) in [6, 6.07) is 0. The largest absolute Gasteiger partial charge is 0.151 e. The summed E-state index contributed by atoms with van der Waals surface area (Å²) in [6.07, 6.45) is 1.71. The van der Waals surface area contributed by atoms with Gasteiger partial charge in [-0.3, -0.25) is 0 Å². The number of hydrogen-bond acceptors (Lipinski definition) is 4. The van der Waals surface area contributed by atoms with Gasteiger partial charge in [0.1, 0.15) is 0 Å². The summed E-state index contributed by atoms with van der Waals surface area (Å²) in [6.45, 7) is 0. The number of thiol groups is 4. The van der Waals surface area contributed by atoms with Crippen molar-refractivity contribution in [3.05, 3.63) is 43.9 Å². The molecule has 0 aliphatic heterocycles. The molecule has 0 saturated heterocycles. The van der Waals surface area contributed by atoms with Crippen LogP contribution in [0.4, 0.5) is 0 Å². The summed E-state index contributed by atoms with van der Waals surface area (Å²) in [5.74, 6) is 0. The van der Waals surface area contributed by atoms with E-state index in [2.05, 4.69) is 50.5 Å². The molecule has 1 aliphatic carbocycles. The fourth-order valence-corrected chi connectivity index (χ4v) is 2.41. The van der Waals surface area contributed by atoms with Gasteiger partial charge < -0.3 is 0 Å². The second-order valence-corrected chi connectivity index (χ2v) is 4.00. The maximum Gasteiger partial charge on any atom is -0.000969 e. The summed E-state index contributed by atoms with van der Waals surface area (Å²) < 4.78 is 0. The van der Waals surface area contributed by atoms with Gasteiger partial charge in [0.2, 0.25) is 0 Å².